The fourth-order valence-electron chi connectivity index (χ4n) is 1.52. The number of halogens is 1. The zero-order valence-corrected chi connectivity index (χ0v) is 10.0. The summed E-state index contributed by atoms with van der Waals surface area (Å²) in [4.78, 5) is 5.56. The van der Waals surface area contributed by atoms with E-state index in [9.17, 15) is 0 Å². The highest BCUT2D eigenvalue weighted by Gasteiger charge is 2.27. The van der Waals surface area contributed by atoms with Crippen LogP contribution in [0, 0.1) is 6.92 Å². The quantitative estimate of drug-likeness (QED) is 0.654. The molecule has 0 radical (unpaired) electrons. The van der Waals surface area contributed by atoms with Gasteiger partial charge < -0.3 is 0 Å². The second kappa shape index (κ2) is 3.28. The molecule has 1 aromatic rings. The Morgan fingerprint density at radius 2 is 2.07 bits per heavy atom. The maximum absolute atomic E-state index is 6.14. The lowest BCUT2D eigenvalue weighted by molar-refractivity contribution is 0.757. The van der Waals surface area contributed by atoms with Gasteiger partial charge in [0, 0.05) is 10.5 Å². The molecule has 0 unspecified atom stereocenters. The number of rotatable bonds is 0. The Morgan fingerprint density at radius 3 is 2.79 bits per heavy atom. The summed E-state index contributed by atoms with van der Waals surface area (Å²) in [6, 6.07) is 6.15. The summed E-state index contributed by atoms with van der Waals surface area (Å²) < 4.78 is 0. The maximum atomic E-state index is 6.14. The van der Waals surface area contributed by atoms with Gasteiger partial charge in [-0.3, -0.25) is 4.99 Å². The highest BCUT2D eigenvalue weighted by Crippen LogP contribution is 2.42. The van der Waals surface area contributed by atoms with Gasteiger partial charge in [-0.2, -0.15) is 0 Å². The fourth-order valence-corrected chi connectivity index (χ4v) is 3.13. The molecule has 0 bridgehead atoms. The number of fused-ring (bicyclic) bond motifs is 1. The van der Waals surface area contributed by atoms with Crippen LogP contribution in [0.15, 0.2) is 28.1 Å². The molecule has 2 rings (SSSR count). The molecule has 0 aromatic heterocycles. The smallest absolute Gasteiger partial charge is 0.133 e. The average molecular weight is 226 g/mol. The van der Waals surface area contributed by atoms with E-state index in [1.165, 1.54) is 10.5 Å². The number of hydrogen-bond acceptors (Lipinski definition) is 2. The molecular weight excluding hydrogens is 214 g/mol. The van der Waals surface area contributed by atoms with E-state index in [1.807, 2.05) is 12.1 Å². The highest BCUT2D eigenvalue weighted by atomic mass is 35.5. The molecule has 74 valence electrons. The Labute approximate surface area is 93.6 Å². The molecule has 1 aromatic carbocycles. The van der Waals surface area contributed by atoms with Crippen LogP contribution in [0.5, 0.6) is 0 Å². The third-order valence-electron chi connectivity index (χ3n) is 2.15. The Bertz CT molecular complexity index is 410. The number of nitrogens with zero attached hydrogens (tertiary/aromatic N) is 1. The molecule has 3 heteroatoms. The van der Waals surface area contributed by atoms with Crippen LogP contribution in [0.25, 0.3) is 0 Å². The minimum Gasteiger partial charge on any atom is -0.255 e. The van der Waals surface area contributed by atoms with Crippen LogP contribution < -0.4 is 0 Å². The molecular formula is C11H12ClNS. The van der Waals surface area contributed by atoms with Gasteiger partial charge >= 0.3 is 0 Å². The first-order chi connectivity index (χ1) is 6.49. The molecule has 1 heterocycles. The zero-order chi connectivity index (χ0) is 10.3. The van der Waals surface area contributed by atoms with Crippen molar-refractivity contribution in [1.29, 1.82) is 0 Å². The van der Waals surface area contributed by atoms with E-state index in [0.717, 1.165) is 5.56 Å². The topological polar surface area (TPSA) is 12.4 Å². The van der Waals surface area contributed by atoms with Crippen molar-refractivity contribution in [3.63, 3.8) is 0 Å². The molecule has 0 fully saturated rings. The summed E-state index contributed by atoms with van der Waals surface area (Å²) in [5, 5.41) is 0.632. The summed E-state index contributed by atoms with van der Waals surface area (Å²) in [6.07, 6.45) is 0. The van der Waals surface area contributed by atoms with Gasteiger partial charge in [-0.1, -0.05) is 41.6 Å². The molecule has 0 saturated heterocycles. The third kappa shape index (κ3) is 1.69. The first-order valence-corrected chi connectivity index (χ1v) is 5.73. The lowest BCUT2D eigenvalue weighted by atomic mass is 10.1. The predicted molar refractivity (Wildman–Crippen MR) is 63.5 cm³/mol. The van der Waals surface area contributed by atoms with Crippen LogP contribution in [0.4, 0.5) is 0 Å². The first kappa shape index (κ1) is 10.1. The van der Waals surface area contributed by atoms with Gasteiger partial charge in [0.25, 0.3) is 0 Å². The normalized spacial score (nSPS) is 18.7. The van der Waals surface area contributed by atoms with Crippen molar-refractivity contribution in [2.45, 2.75) is 30.5 Å². The molecule has 0 saturated carbocycles. The number of aliphatic imine (C=N–C) groups is 1. The lowest BCUT2D eigenvalue weighted by Gasteiger charge is -2.27. The van der Waals surface area contributed by atoms with Crippen molar-refractivity contribution in [3.05, 3.63) is 29.3 Å². The second-order valence-electron chi connectivity index (χ2n) is 3.90. The third-order valence-corrected chi connectivity index (χ3v) is 3.78. The maximum Gasteiger partial charge on any atom is 0.133 e. The number of thioether (sulfide) groups is 1. The molecule has 1 aliphatic heterocycles. The fraction of sp³-hybridized carbons (Fsp3) is 0.364. The predicted octanol–water partition coefficient (Wildman–Crippen LogP) is 3.82. The van der Waals surface area contributed by atoms with Crippen molar-refractivity contribution in [1.82, 2.24) is 0 Å². The van der Waals surface area contributed by atoms with Gasteiger partial charge in [0.05, 0.1) is 0 Å². The number of aryl methyl sites for hydroxylation is 1. The van der Waals surface area contributed by atoms with E-state index in [4.69, 9.17) is 11.6 Å². The molecule has 1 nitrogen and oxygen atoms in total. The van der Waals surface area contributed by atoms with Crippen molar-refractivity contribution in [2.24, 2.45) is 4.99 Å². The standard InChI is InChI=1S/C11H12ClNS/c1-7-5-4-6-8-9(7)14-11(2,3)13-10(8)12/h4-6H,1-3H3. The largest absolute Gasteiger partial charge is 0.255 e. The van der Waals surface area contributed by atoms with E-state index >= 15 is 0 Å². The van der Waals surface area contributed by atoms with Crippen LogP contribution in [-0.4, -0.2) is 10.0 Å². The van der Waals surface area contributed by atoms with Crippen molar-refractivity contribution >= 4 is 28.5 Å². The monoisotopic (exact) mass is 225 g/mol. The molecule has 0 amide bonds. The molecule has 0 aliphatic carbocycles. The van der Waals surface area contributed by atoms with Crippen LogP contribution in [0.1, 0.15) is 25.0 Å². The summed E-state index contributed by atoms with van der Waals surface area (Å²) >= 11 is 7.91. The van der Waals surface area contributed by atoms with Crippen LogP contribution in [0.2, 0.25) is 0 Å². The Balaban J connectivity index is 2.62. The summed E-state index contributed by atoms with van der Waals surface area (Å²) in [5.74, 6) is 0. The lowest BCUT2D eigenvalue weighted by Crippen LogP contribution is -2.19. The van der Waals surface area contributed by atoms with Crippen LogP contribution >= 0.6 is 23.4 Å². The van der Waals surface area contributed by atoms with Gasteiger partial charge in [0.2, 0.25) is 0 Å². The molecule has 0 spiro atoms. The van der Waals surface area contributed by atoms with Crippen molar-refractivity contribution in [2.75, 3.05) is 0 Å². The molecule has 14 heavy (non-hydrogen) atoms. The minimum atomic E-state index is -0.143. The summed E-state index contributed by atoms with van der Waals surface area (Å²) in [5.41, 5.74) is 2.34. The van der Waals surface area contributed by atoms with E-state index in [-0.39, 0.29) is 4.87 Å². The minimum absolute atomic E-state index is 0.143. The Kier molecular flexibility index (Phi) is 2.36. The average Bonchev–Trinajstić information content (AvgIpc) is 2.05. The number of benzene rings is 1. The van der Waals surface area contributed by atoms with Gasteiger partial charge in [0.15, 0.2) is 0 Å². The Hall–Kier alpha value is -0.470. The van der Waals surface area contributed by atoms with E-state index in [0.29, 0.717) is 5.17 Å². The molecule has 0 N–H and O–H groups in total. The van der Waals surface area contributed by atoms with Gasteiger partial charge in [-0.15, -0.1) is 0 Å². The van der Waals surface area contributed by atoms with E-state index in [2.05, 4.69) is 31.8 Å². The molecule has 0 atom stereocenters. The van der Waals surface area contributed by atoms with Gasteiger partial charge in [-0.25, -0.2) is 0 Å². The van der Waals surface area contributed by atoms with E-state index in [1.54, 1.807) is 11.8 Å². The summed E-state index contributed by atoms with van der Waals surface area (Å²) in [7, 11) is 0. The first-order valence-electron chi connectivity index (χ1n) is 4.54. The van der Waals surface area contributed by atoms with Gasteiger partial charge in [-0.05, 0) is 26.3 Å². The van der Waals surface area contributed by atoms with Crippen molar-refractivity contribution in [3.8, 4) is 0 Å². The van der Waals surface area contributed by atoms with E-state index < -0.39 is 0 Å². The second-order valence-corrected chi connectivity index (χ2v) is 5.87. The van der Waals surface area contributed by atoms with Crippen molar-refractivity contribution < 1.29 is 0 Å². The zero-order valence-electron chi connectivity index (χ0n) is 8.47. The van der Waals surface area contributed by atoms with Gasteiger partial charge in [0.1, 0.15) is 10.0 Å². The molecule has 1 aliphatic rings. The highest BCUT2D eigenvalue weighted by molar-refractivity contribution is 8.00. The number of hydrogen-bond donors (Lipinski definition) is 0. The van der Waals surface area contributed by atoms with Crippen LogP contribution in [0.3, 0.4) is 0 Å². The summed E-state index contributed by atoms with van der Waals surface area (Å²) in [6.45, 7) is 6.27. The van der Waals surface area contributed by atoms with Crippen LogP contribution in [-0.2, 0) is 0 Å². The Morgan fingerprint density at radius 1 is 1.36 bits per heavy atom. The SMILES string of the molecule is Cc1cccc2c1SC(C)(C)N=C2Cl.